The van der Waals surface area contributed by atoms with Crippen molar-refractivity contribution >= 4 is 23.7 Å². The molecule has 2 aliphatic rings. The van der Waals surface area contributed by atoms with Crippen LogP contribution in [0.5, 0.6) is 0 Å². The fourth-order valence-corrected chi connectivity index (χ4v) is 4.14. The molecule has 1 aromatic carbocycles. The third-order valence-corrected chi connectivity index (χ3v) is 6.00. The van der Waals surface area contributed by atoms with Crippen LogP contribution in [-0.2, 0) is 15.2 Å². The highest BCUT2D eigenvalue weighted by Crippen LogP contribution is 2.21. The van der Waals surface area contributed by atoms with E-state index in [0.717, 1.165) is 31.9 Å². The highest BCUT2D eigenvalue weighted by Gasteiger charge is 2.21. The summed E-state index contributed by atoms with van der Waals surface area (Å²) in [6.07, 6.45) is 1.66. The van der Waals surface area contributed by atoms with Crippen molar-refractivity contribution in [1.29, 1.82) is 0 Å². The van der Waals surface area contributed by atoms with Gasteiger partial charge in [-0.25, -0.2) is 4.98 Å². The van der Waals surface area contributed by atoms with Crippen LogP contribution in [0.3, 0.4) is 0 Å². The van der Waals surface area contributed by atoms with Gasteiger partial charge >= 0.3 is 0 Å². The molecule has 3 aromatic rings. The van der Waals surface area contributed by atoms with E-state index in [1.807, 2.05) is 18.2 Å². The number of hydrogen-bond donors (Lipinski definition) is 0. The van der Waals surface area contributed by atoms with Crippen molar-refractivity contribution in [3.63, 3.8) is 0 Å². The molecule has 11 heteroatoms. The first kappa shape index (κ1) is 20.2. The van der Waals surface area contributed by atoms with E-state index < -0.39 is 0 Å². The van der Waals surface area contributed by atoms with Gasteiger partial charge in [0.15, 0.2) is 0 Å². The molecule has 2 aromatic heterocycles. The van der Waals surface area contributed by atoms with Crippen LogP contribution in [0.1, 0.15) is 5.56 Å². The maximum absolute atomic E-state index is 5.48. The van der Waals surface area contributed by atoms with E-state index >= 15 is 0 Å². The Morgan fingerprint density at radius 2 is 1.35 bits per heavy atom. The molecule has 2 saturated heterocycles. The minimum absolute atomic E-state index is 0.469. The molecule has 0 saturated carbocycles. The lowest BCUT2D eigenvalue weighted by Crippen LogP contribution is -2.40. The molecule has 2 fully saturated rings. The van der Waals surface area contributed by atoms with E-state index in [0.29, 0.717) is 49.4 Å². The van der Waals surface area contributed by atoms with Crippen LogP contribution in [0.25, 0.3) is 5.95 Å². The second-order valence-corrected chi connectivity index (χ2v) is 8.12. The molecule has 0 N–H and O–H groups in total. The second kappa shape index (κ2) is 9.58. The van der Waals surface area contributed by atoms with Crippen molar-refractivity contribution in [3.05, 3.63) is 42.2 Å². The second-order valence-electron chi connectivity index (χ2n) is 7.18. The van der Waals surface area contributed by atoms with Gasteiger partial charge in [-0.3, -0.25) is 0 Å². The van der Waals surface area contributed by atoms with Crippen LogP contribution < -0.4 is 9.80 Å². The summed E-state index contributed by atoms with van der Waals surface area (Å²) in [6.45, 7) is 5.66. The number of anilines is 2. The Balaban J connectivity index is 1.40. The van der Waals surface area contributed by atoms with Gasteiger partial charge in [-0.05, 0) is 5.56 Å². The molecule has 0 bridgehead atoms. The first-order valence-corrected chi connectivity index (χ1v) is 11.3. The van der Waals surface area contributed by atoms with E-state index in [1.165, 1.54) is 5.56 Å². The molecular formula is C20H24N8O2S. The van der Waals surface area contributed by atoms with Crippen molar-refractivity contribution < 1.29 is 9.47 Å². The summed E-state index contributed by atoms with van der Waals surface area (Å²) >= 11 is 1.59. The third kappa shape index (κ3) is 4.94. The quantitative estimate of drug-likeness (QED) is 0.524. The van der Waals surface area contributed by atoms with Crippen LogP contribution in [0, 0.1) is 0 Å². The molecule has 0 amide bonds. The van der Waals surface area contributed by atoms with E-state index in [4.69, 9.17) is 24.4 Å². The van der Waals surface area contributed by atoms with E-state index in [-0.39, 0.29) is 0 Å². The largest absolute Gasteiger partial charge is 0.378 e. The van der Waals surface area contributed by atoms with E-state index in [9.17, 15) is 0 Å². The van der Waals surface area contributed by atoms with Crippen LogP contribution in [0.15, 0.2) is 41.8 Å². The standard InChI is InChI=1S/C20H24N8O2S/c1-2-4-16(5-3-1)14-31-20-21-15-28(25-20)19-23-17(26-6-10-29-11-7-26)22-18(24-19)27-8-12-30-13-9-27/h1-5,15H,6-14H2. The lowest BCUT2D eigenvalue weighted by molar-refractivity contribution is 0.121. The number of rotatable bonds is 6. The predicted octanol–water partition coefficient (Wildman–Crippen LogP) is 1.42. The molecule has 0 radical (unpaired) electrons. The van der Waals surface area contributed by atoms with Gasteiger partial charge in [0.2, 0.25) is 17.1 Å². The molecule has 0 spiro atoms. The van der Waals surface area contributed by atoms with Crippen molar-refractivity contribution in [2.24, 2.45) is 0 Å². The number of ether oxygens (including phenoxy) is 2. The van der Waals surface area contributed by atoms with Gasteiger partial charge in [-0.2, -0.15) is 19.6 Å². The van der Waals surface area contributed by atoms with Crippen molar-refractivity contribution in [2.45, 2.75) is 10.9 Å². The van der Waals surface area contributed by atoms with Gasteiger partial charge < -0.3 is 19.3 Å². The summed E-state index contributed by atoms with van der Waals surface area (Å²) < 4.78 is 12.6. The number of nitrogens with zero attached hydrogens (tertiary/aromatic N) is 8. The normalized spacial score (nSPS) is 17.2. The maximum Gasteiger partial charge on any atom is 0.258 e. The van der Waals surface area contributed by atoms with Gasteiger partial charge in [0.25, 0.3) is 5.95 Å². The number of hydrogen-bond acceptors (Lipinski definition) is 10. The first-order chi connectivity index (χ1) is 15.3. The minimum atomic E-state index is 0.469. The fraction of sp³-hybridized carbons (Fsp3) is 0.450. The first-order valence-electron chi connectivity index (χ1n) is 10.4. The molecule has 31 heavy (non-hydrogen) atoms. The van der Waals surface area contributed by atoms with Gasteiger partial charge in [-0.1, -0.05) is 42.1 Å². The van der Waals surface area contributed by atoms with Gasteiger partial charge in [0.1, 0.15) is 6.33 Å². The topological polar surface area (TPSA) is 94.3 Å². The summed E-state index contributed by atoms with van der Waals surface area (Å²) in [5.74, 6) is 2.56. The average Bonchev–Trinajstić information content (AvgIpc) is 3.33. The van der Waals surface area contributed by atoms with Crippen LogP contribution in [0.4, 0.5) is 11.9 Å². The Hall–Kier alpha value is -2.76. The summed E-state index contributed by atoms with van der Waals surface area (Å²) in [6, 6.07) is 10.3. The summed E-state index contributed by atoms with van der Waals surface area (Å²) in [5.41, 5.74) is 1.23. The fourth-order valence-electron chi connectivity index (χ4n) is 3.39. The molecule has 10 nitrogen and oxygen atoms in total. The number of aromatic nitrogens is 6. The number of thioether (sulfide) groups is 1. The third-order valence-electron chi connectivity index (χ3n) is 5.07. The lowest BCUT2D eigenvalue weighted by atomic mass is 10.2. The van der Waals surface area contributed by atoms with Gasteiger partial charge in [0.05, 0.1) is 26.4 Å². The SMILES string of the molecule is c1ccc(CSc2ncn(-c3nc(N4CCOCC4)nc(N4CCOCC4)n3)n2)cc1. The average molecular weight is 441 g/mol. The van der Waals surface area contributed by atoms with E-state index in [1.54, 1.807) is 22.8 Å². The Labute approximate surface area is 184 Å². The molecule has 5 rings (SSSR count). The molecule has 162 valence electrons. The Bertz CT molecular complexity index is 954. The number of morpholine rings is 2. The molecule has 0 atom stereocenters. The zero-order valence-electron chi connectivity index (χ0n) is 17.1. The highest BCUT2D eigenvalue weighted by molar-refractivity contribution is 7.98. The molecule has 0 aliphatic carbocycles. The van der Waals surface area contributed by atoms with E-state index in [2.05, 4.69) is 32.0 Å². The van der Waals surface area contributed by atoms with Gasteiger partial charge in [0, 0.05) is 31.9 Å². The monoisotopic (exact) mass is 440 g/mol. The Kier molecular flexibility index (Phi) is 6.23. The van der Waals surface area contributed by atoms with Gasteiger partial charge in [-0.15, -0.1) is 5.10 Å². The van der Waals surface area contributed by atoms with Crippen molar-refractivity contribution in [1.82, 2.24) is 29.7 Å². The van der Waals surface area contributed by atoms with Crippen LogP contribution in [-0.4, -0.2) is 82.3 Å². The minimum Gasteiger partial charge on any atom is -0.378 e. The Morgan fingerprint density at radius 3 is 1.97 bits per heavy atom. The zero-order valence-corrected chi connectivity index (χ0v) is 17.9. The smallest absolute Gasteiger partial charge is 0.258 e. The van der Waals surface area contributed by atoms with Crippen LogP contribution in [0.2, 0.25) is 0 Å². The maximum atomic E-state index is 5.48. The molecular weight excluding hydrogens is 416 g/mol. The number of benzene rings is 1. The summed E-state index contributed by atoms with van der Waals surface area (Å²) in [7, 11) is 0. The van der Waals surface area contributed by atoms with Crippen molar-refractivity contribution in [2.75, 3.05) is 62.4 Å². The molecule has 4 heterocycles. The van der Waals surface area contributed by atoms with Crippen LogP contribution >= 0.6 is 11.8 Å². The molecule has 2 aliphatic heterocycles. The summed E-state index contributed by atoms with van der Waals surface area (Å²) in [4.78, 5) is 22.8. The summed E-state index contributed by atoms with van der Waals surface area (Å²) in [5, 5.41) is 5.28. The molecule has 0 unspecified atom stereocenters. The zero-order chi connectivity index (χ0) is 20.9. The highest BCUT2D eigenvalue weighted by atomic mass is 32.2. The lowest BCUT2D eigenvalue weighted by Gasteiger charge is -2.30. The Morgan fingerprint density at radius 1 is 0.774 bits per heavy atom. The van der Waals surface area contributed by atoms with Crippen molar-refractivity contribution in [3.8, 4) is 5.95 Å². The predicted molar refractivity (Wildman–Crippen MR) is 117 cm³/mol.